The lowest BCUT2D eigenvalue weighted by molar-refractivity contribution is 0.419. The second kappa shape index (κ2) is 4.38. The molecule has 4 nitrogen and oxygen atoms in total. The lowest BCUT2D eigenvalue weighted by Gasteiger charge is -2.00. The molecule has 0 aliphatic rings. The Kier molecular flexibility index (Phi) is 2.92. The maximum absolute atomic E-state index is 8.80. The summed E-state index contributed by atoms with van der Waals surface area (Å²) in [5, 5.41) is 12.7. The van der Waals surface area contributed by atoms with Crippen LogP contribution in [0.3, 0.4) is 0 Å². The molecule has 0 bridgehead atoms. The molecule has 2 aromatic rings. The van der Waals surface area contributed by atoms with Gasteiger partial charge in [-0.25, -0.2) is 0 Å². The molecule has 0 saturated heterocycles. The van der Waals surface area contributed by atoms with E-state index in [0.717, 1.165) is 11.1 Å². The maximum Gasteiger partial charge on any atom is 0.258 e. The van der Waals surface area contributed by atoms with E-state index in [1.807, 2.05) is 32.9 Å². The fourth-order valence-corrected chi connectivity index (χ4v) is 1.55. The van der Waals surface area contributed by atoms with E-state index in [0.29, 0.717) is 17.3 Å². The second-order valence-electron chi connectivity index (χ2n) is 4.25. The van der Waals surface area contributed by atoms with Gasteiger partial charge < -0.3 is 4.52 Å². The van der Waals surface area contributed by atoms with Crippen molar-refractivity contribution >= 4 is 0 Å². The monoisotopic (exact) mass is 227 g/mol. The molecule has 1 aromatic heterocycles. The zero-order chi connectivity index (χ0) is 12.4. The van der Waals surface area contributed by atoms with Gasteiger partial charge in [0.05, 0.1) is 11.6 Å². The first-order valence-electron chi connectivity index (χ1n) is 5.46. The van der Waals surface area contributed by atoms with Crippen molar-refractivity contribution in [3.63, 3.8) is 0 Å². The van der Waals surface area contributed by atoms with Gasteiger partial charge in [0.2, 0.25) is 0 Å². The maximum atomic E-state index is 8.80. The van der Waals surface area contributed by atoms with Crippen LogP contribution in [-0.4, -0.2) is 10.1 Å². The largest absolute Gasteiger partial charge is 0.334 e. The summed E-state index contributed by atoms with van der Waals surface area (Å²) in [6.07, 6.45) is 0. The van der Waals surface area contributed by atoms with Crippen molar-refractivity contribution in [2.24, 2.45) is 0 Å². The highest BCUT2D eigenvalue weighted by molar-refractivity contribution is 5.60. The van der Waals surface area contributed by atoms with Gasteiger partial charge in [0.15, 0.2) is 5.82 Å². The molecule has 2 rings (SSSR count). The Labute approximate surface area is 99.9 Å². The average Bonchev–Trinajstić information content (AvgIpc) is 2.78. The van der Waals surface area contributed by atoms with Crippen LogP contribution in [0.4, 0.5) is 0 Å². The Morgan fingerprint density at radius 2 is 2.12 bits per heavy atom. The van der Waals surface area contributed by atoms with Crippen molar-refractivity contribution in [2.45, 2.75) is 26.7 Å². The van der Waals surface area contributed by atoms with E-state index in [4.69, 9.17) is 9.78 Å². The molecule has 0 aliphatic carbocycles. The van der Waals surface area contributed by atoms with Crippen LogP contribution in [0, 0.1) is 18.3 Å². The minimum atomic E-state index is 0.242. The quantitative estimate of drug-likeness (QED) is 0.791. The molecule has 86 valence electrons. The van der Waals surface area contributed by atoms with Gasteiger partial charge >= 0.3 is 0 Å². The summed E-state index contributed by atoms with van der Waals surface area (Å²) in [5.74, 6) is 1.45. The van der Waals surface area contributed by atoms with Gasteiger partial charge in [0, 0.05) is 11.5 Å². The van der Waals surface area contributed by atoms with E-state index >= 15 is 0 Å². The van der Waals surface area contributed by atoms with E-state index in [1.54, 1.807) is 6.07 Å². The van der Waals surface area contributed by atoms with Gasteiger partial charge in [-0.2, -0.15) is 10.2 Å². The average molecular weight is 227 g/mol. The SMILES string of the molecule is Cc1cc(C#N)ccc1-c1nc(C(C)C)no1. The first kappa shape index (κ1) is 11.3. The Balaban J connectivity index is 2.43. The molecule has 1 heterocycles. The highest BCUT2D eigenvalue weighted by Gasteiger charge is 2.13. The summed E-state index contributed by atoms with van der Waals surface area (Å²) >= 11 is 0. The van der Waals surface area contributed by atoms with Gasteiger partial charge in [0.1, 0.15) is 0 Å². The van der Waals surface area contributed by atoms with E-state index in [-0.39, 0.29) is 5.92 Å². The van der Waals surface area contributed by atoms with Crippen LogP contribution in [0.25, 0.3) is 11.5 Å². The summed E-state index contributed by atoms with van der Waals surface area (Å²) in [7, 11) is 0. The van der Waals surface area contributed by atoms with Crippen LogP contribution < -0.4 is 0 Å². The molecular weight excluding hydrogens is 214 g/mol. The molecule has 0 fully saturated rings. The number of aromatic nitrogens is 2. The second-order valence-corrected chi connectivity index (χ2v) is 4.25. The minimum Gasteiger partial charge on any atom is -0.334 e. The highest BCUT2D eigenvalue weighted by Crippen LogP contribution is 2.24. The predicted molar refractivity (Wildman–Crippen MR) is 63.3 cm³/mol. The fourth-order valence-electron chi connectivity index (χ4n) is 1.55. The Bertz CT molecular complexity index is 579. The number of aryl methyl sites for hydroxylation is 1. The standard InChI is InChI=1S/C13H13N3O/c1-8(2)12-15-13(17-16-12)11-5-4-10(7-14)6-9(11)3/h4-6,8H,1-3H3. The third-order valence-electron chi connectivity index (χ3n) is 2.54. The number of hydrogen-bond donors (Lipinski definition) is 0. The van der Waals surface area contributed by atoms with Gasteiger partial charge in [-0.15, -0.1) is 0 Å². The first-order valence-corrected chi connectivity index (χ1v) is 5.46. The van der Waals surface area contributed by atoms with Crippen molar-refractivity contribution in [1.29, 1.82) is 5.26 Å². The van der Waals surface area contributed by atoms with Crippen LogP contribution in [0.15, 0.2) is 22.7 Å². The van der Waals surface area contributed by atoms with Crippen molar-refractivity contribution in [2.75, 3.05) is 0 Å². The Morgan fingerprint density at radius 3 is 2.65 bits per heavy atom. The molecule has 0 radical (unpaired) electrons. The molecule has 17 heavy (non-hydrogen) atoms. The first-order chi connectivity index (χ1) is 8.11. The molecular formula is C13H13N3O. The van der Waals surface area contributed by atoms with Crippen molar-refractivity contribution in [1.82, 2.24) is 10.1 Å². The highest BCUT2D eigenvalue weighted by atomic mass is 16.5. The molecule has 0 aliphatic heterocycles. The van der Waals surface area contributed by atoms with Crippen molar-refractivity contribution in [3.05, 3.63) is 35.2 Å². The summed E-state index contributed by atoms with van der Waals surface area (Å²) in [4.78, 5) is 4.34. The topological polar surface area (TPSA) is 62.7 Å². The van der Waals surface area contributed by atoms with Gasteiger partial charge in [0.25, 0.3) is 5.89 Å². The van der Waals surface area contributed by atoms with Gasteiger partial charge in [-0.3, -0.25) is 0 Å². The normalized spacial score (nSPS) is 10.5. The van der Waals surface area contributed by atoms with E-state index in [1.165, 1.54) is 0 Å². The zero-order valence-corrected chi connectivity index (χ0v) is 10.1. The molecule has 0 atom stereocenters. The molecule has 1 aromatic carbocycles. The summed E-state index contributed by atoms with van der Waals surface area (Å²) < 4.78 is 5.22. The Morgan fingerprint density at radius 1 is 1.35 bits per heavy atom. The van der Waals surface area contributed by atoms with Crippen LogP contribution >= 0.6 is 0 Å². The predicted octanol–water partition coefficient (Wildman–Crippen LogP) is 3.04. The van der Waals surface area contributed by atoms with Crippen LogP contribution in [-0.2, 0) is 0 Å². The number of hydrogen-bond acceptors (Lipinski definition) is 4. The number of rotatable bonds is 2. The molecule has 0 N–H and O–H groups in total. The summed E-state index contributed by atoms with van der Waals surface area (Å²) in [5.41, 5.74) is 2.47. The van der Waals surface area contributed by atoms with Gasteiger partial charge in [-0.1, -0.05) is 19.0 Å². The smallest absolute Gasteiger partial charge is 0.258 e. The molecule has 0 amide bonds. The molecule has 0 spiro atoms. The van der Waals surface area contributed by atoms with Crippen LogP contribution in [0.1, 0.15) is 36.7 Å². The van der Waals surface area contributed by atoms with E-state index in [2.05, 4.69) is 16.2 Å². The molecule has 4 heteroatoms. The molecule has 0 unspecified atom stereocenters. The number of nitriles is 1. The van der Waals surface area contributed by atoms with Crippen molar-refractivity contribution < 1.29 is 4.52 Å². The third kappa shape index (κ3) is 2.18. The fraction of sp³-hybridized carbons (Fsp3) is 0.308. The number of nitrogens with zero attached hydrogens (tertiary/aromatic N) is 3. The van der Waals surface area contributed by atoms with Crippen molar-refractivity contribution in [3.8, 4) is 17.5 Å². The summed E-state index contributed by atoms with van der Waals surface area (Å²) in [6, 6.07) is 7.51. The lowest BCUT2D eigenvalue weighted by Crippen LogP contribution is -1.90. The lowest BCUT2D eigenvalue weighted by atomic mass is 10.1. The zero-order valence-electron chi connectivity index (χ0n) is 10.1. The Hall–Kier alpha value is -2.15. The summed E-state index contributed by atoms with van der Waals surface area (Å²) in [6.45, 7) is 5.95. The van der Waals surface area contributed by atoms with Crippen LogP contribution in [0.2, 0.25) is 0 Å². The minimum absolute atomic E-state index is 0.242. The van der Waals surface area contributed by atoms with E-state index < -0.39 is 0 Å². The van der Waals surface area contributed by atoms with Crippen LogP contribution in [0.5, 0.6) is 0 Å². The molecule has 0 saturated carbocycles. The van der Waals surface area contributed by atoms with Gasteiger partial charge in [-0.05, 0) is 30.7 Å². The van der Waals surface area contributed by atoms with E-state index in [9.17, 15) is 0 Å². The third-order valence-corrected chi connectivity index (χ3v) is 2.54. The number of benzene rings is 1.